The number of guanidine groups is 1. The summed E-state index contributed by atoms with van der Waals surface area (Å²) in [7, 11) is 1.63. The van der Waals surface area contributed by atoms with E-state index in [1.165, 1.54) is 0 Å². The van der Waals surface area contributed by atoms with Crippen molar-refractivity contribution in [3.05, 3.63) is 58.0 Å². The smallest absolute Gasteiger partial charge is 0.434 e. The highest BCUT2D eigenvalue weighted by Crippen LogP contribution is 2.30. The molecule has 0 aliphatic rings. The zero-order chi connectivity index (χ0) is 20.9. The van der Waals surface area contributed by atoms with Gasteiger partial charge < -0.3 is 15.4 Å². The summed E-state index contributed by atoms with van der Waals surface area (Å²) in [6.07, 6.45) is -4.42. The molecule has 0 amide bonds. The number of benzene rings is 2. The number of aromatic nitrogens is 1. The van der Waals surface area contributed by atoms with Gasteiger partial charge in [-0.2, -0.15) is 13.2 Å². The van der Waals surface area contributed by atoms with E-state index >= 15 is 0 Å². The van der Waals surface area contributed by atoms with Gasteiger partial charge in [-0.25, -0.2) is 9.98 Å². The summed E-state index contributed by atoms with van der Waals surface area (Å²) in [5.74, 6) is 1.32. The second-order valence-corrected chi connectivity index (χ2v) is 7.16. The summed E-state index contributed by atoms with van der Waals surface area (Å²) in [6.45, 7) is 3.16. The third-order valence-corrected chi connectivity index (χ3v) is 4.97. The molecule has 3 rings (SSSR count). The minimum atomic E-state index is -4.42. The van der Waals surface area contributed by atoms with E-state index in [2.05, 4.69) is 26.7 Å². The van der Waals surface area contributed by atoms with E-state index in [-0.39, 0.29) is 6.54 Å². The highest BCUT2D eigenvalue weighted by Gasteiger charge is 2.33. The standard InChI is InChI=1S/C20H21F3N4OS/c1-3-24-19(26-11-18-27-17(12-29-18)20(21,22)23)25-10-13-4-5-15-9-16(28-2)7-6-14(15)8-13/h4-9,12H,3,10-11H2,1-2H3,(H2,24,25,26). The first-order valence-electron chi connectivity index (χ1n) is 8.99. The number of nitrogens with zero attached hydrogens (tertiary/aromatic N) is 2. The number of aliphatic imine (C=N–C) groups is 1. The predicted molar refractivity (Wildman–Crippen MR) is 109 cm³/mol. The van der Waals surface area contributed by atoms with E-state index in [0.717, 1.165) is 38.8 Å². The van der Waals surface area contributed by atoms with Crippen LogP contribution in [0.4, 0.5) is 13.2 Å². The number of halogens is 3. The van der Waals surface area contributed by atoms with Gasteiger partial charge in [-0.1, -0.05) is 18.2 Å². The fourth-order valence-corrected chi connectivity index (χ4v) is 3.43. The van der Waals surface area contributed by atoms with E-state index in [9.17, 15) is 13.2 Å². The van der Waals surface area contributed by atoms with Gasteiger partial charge in [0.1, 0.15) is 10.8 Å². The lowest BCUT2D eigenvalue weighted by Gasteiger charge is -2.10. The monoisotopic (exact) mass is 422 g/mol. The molecule has 0 saturated heterocycles. The summed E-state index contributed by atoms with van der Waals surface area (Å²) in [5.41, 5.74) is 0.155. The zero-order valence-electron chi connectivity index (χ0n) is 16.0. The fraction of sp³-hybridized carbons (Fsp3) is 0.300. The molecule has 0 spiro atoms. The number of hydrogen-bond acceptors (Lipinski definition) is 4. The number of ether oxygens (including phenoxy) is 1. The molecule has 9 heteroatoms. The molecule has 0 unspecified atom stereocenters. The van der Waals surface area contributed by atoms with Gasteiger partial charge in [0.2, 0.25) is 0 Å². The molecule has 29 heavy (non-hydrogen) atoms. The van der Waals surface area contributed by atoms with Crippen molar-refractivity contribution in [3.63, 3.8) is 0 Å². The largest absolute Gasteiger partial charge is 0.497 e. The first-order valence-corrected chi connectivity index (χ1v) is 9.87. The molecule has 0 bridgehead atoms. The molecule has 1 heterocycles. The minimum Gasteiger partial charge on any atom is -0.497 e. The Kier molecular flexibility index (Phi) is 6.58. The number of alkyl halides is 3. The molecule has 0 atom stereocenters. The van der Waals surface area contributed by atoms with Gasteiger partial charge in [-0.15, -0.1) is 11.3 Å². The lowest BCUT2D eigenvalue weighted by atomic mass is 10.1. The van der Waals surface area contributed by atoms with Gasteiger partial charge in [0, 0.05) is 11.9 Å². The molecule has 0 radical (unpaired) electrons. The van der Waals surface area contributed by atoms with Crippen LogP contribution in [0.3, 0.4) is 0 Å². The molecule has 2 N–H and O–H groups in total. The Morgan fingerprint density at radius 3 is 2.59 bits per heavy atom. The lowest BCUT2D eigenvalue weighted by molar-refractivity contribution is -0.140. The molecular formula is C20H21F3N4OS. The minimum absolute atomic E-state index is 0.171. The summed E-state index contributed by atoms with van der Waals surface area (Å²) >= 11 is 0.969. The van der Waals surface area contributed by atoms with Gasteiger partial charge in [-0.3, -0.25) is 0 Å². The van der Waals surface area contributed by atoms with Crippen molar-refractivity contribution in [2.24, 2.45) is 4.99 Å². The van der Waals surface area contributed by atoms with Crippen LogP contribution in [-0.2, 0) is 19.3 Å². The molecular weight excluding hydrogens is 401 g/mol. The summed E-state index contributed by atoms with van der Waals surface area (Å²) in [5, 5.41) is 9.64. The van der Waals surface area contributed by atoms with E-state index in [1.807, 2.05) is 37.3 Å². The van der Waals surface area contributed by atoms with Crippen LogP contribution >= 0.6 is 11.3 Å². The number of nitrogens with one attached hydrogen (secondary N) is 2. The normalized spacial score (nSPS) is 12.2. The maximum Gasteiger partial charge on any atom is 0.434 e. The summed E-state index contributed by atoms with van der Waals surface area (Å²) in [6, 6.07) is 11.9. The Morgan fingerprint density at radius 1 is 1.14 bits per heavy atom. The molecule has 0 fully saturated rings. The second-order valence-electron chi connectivity index (χ2n) is 6.22. The van der Waals surface area contributed by atoms with Gasteiger partial charge in [0.25, 0.3) is 0 Å². The third kappa shape index (κ3) is 5.60. The van der Waals surface area contributed by atoms with Gasteiger partial charge in [0.15, 0.2) is 11.7 Å². The Bertz CT molecular complexity index is 1000. The van der Waals surface area contributed by atoms with E-state index in [1.54, 1.807) is 7.11 Å². The predicted octanol–water partition coefficient (Wildman–Crippen LogP) is 4.58. The topological polar surface area (TPSA) is 58.5 Å². The van der Waals surface area contributed by atoms with Crippen molar-refractivity contribution in [2.45, 2.75) is 26.2 Å². The number of methoxy groups -OCH3 is 1. The summed E-state index contributed by atoms with van der Waals surface area (Å²) < 4.78 is 43.2. The van der Waals surface area contributed by atoms with Crippen LogP contribution in [0.15, 0.2) is 46.8 Å². The highest BCUT2D eigenvalue weighted by atomic mass is 32.1. The van der Waals surface area contributed by atoms with E-state index in [4.69, 9.17) is 4.74 Å². The van der Waals surface area contributed by atoms with Crippen molar-refractivity contribution in [1.82, 2.24) is 15.6 Å². The van der Waals surface area contributed by atoms with Crippen molar-refractivity contribution in [1.29, 1.82) is 0 Å². The average Bonchev–Trinajstić information content (AvgIpc) is 3.19. The fourth-order valence-electron chi connectivity index (χ4n) is 2.69. The van der Waals surface area contributed by atoms with E-state index in [0.29, 0.717) is 24.1 Å². The van der Waals surface area contributed by atoms with Gasteiger partial charge in [-0.05, 0) is 41.5 Å². The van der Waals surface area contributed by atoms with E-state index < -0.39 is 11.9 Å². The Labute approximate surface area is 170 Å². The SMILES string of the molecule is CCNC(=NCc1ccc2cc(OC)ccc2c1)NCc1nc(C(F)(F)F)cs1. The molecule has 154 valence electrons. The van der Waals surface area contributed by atoms with Crippen LogP contribution in [0.5, 0.6) is 5.75 Å². The lowest BCUT2D eigenvalue weighted by Crippen LogP contribution is -2.36. The van der Waals surface area contributed by atoms with Gasteiger partial charge in [0.05, 0.1) is 20.2 Å². The van der Waals surface area contributed by atoms with Gasteiger partial charge >= 0.3 is 6.18 Å². The second kappa shape index (κ2) is 9.13. The van der Waals surface area contributed by atoms with Crippen LogP contribution in [0.1, 0.15) is 23.2 Å². The number of fused-ring (bicyclic) bond motifs is 1. The molecule has 2 aromatic carbocycles. The van der Waals surface area contributed by atoms with Crippen LogP contribution in [-0.4, -0.2) is 24.6 Å². The highest BCUT2D eigenvalue weighted by molar-refractivity contribution is 7.09. The van der Waals surface area contributed by atoms with Crippen LogP contribution in [0, 0.1) is 0 Å². The third-order valence-electron chi connectivity index (χ3n) is 4.13. The molecule has 0 aliphatic carbocycles. The molecule has 1 aromatic heterocycles. The Hall–Kier alpha value is -2.81. The number of hydrogen-bond donors (Lipinski definition) is 2. The molecule has 0 aliphatic heterocycles. The molecule has 0 saturated carbocycles. The quantitative estimate of drug-likeness (QED) is 0.451. The Balaban J connectivity index is 1.67. The molecule has 3 aromatic rings. The van der Waals surface area contributed by atoms with Crippen molar-refractivity contribution >= 4 is 28.1 Å². The van der Waals surface area contributed by atoms with Crippen molar-refractivity contribution in [3.8, 4) is 5.75 Å². The van der Waals surface area contributed by atoms with Crippen molar-refractivity contribution < 1.29 is 17.9 Å². The number of rotatable bonds is 6. The van der Waals surface area contributed by atoms with Crippen LogP contribution in [0.25, 0.3) is 10.8 Å². The van der Waals surface area contributed by atoms with Crippen LogP contribution in [0.2, 0.25) is 0 Å². The Morgan fingerprint density at radius 2 is 1.90 bits per heavy atom. The van der Waals surface area contributed by atoms with Crippen molar-refractivity contribution in [2.75, 3.05) is 13.7 Å². The maximum absolute atomic E-state index is 12.7. The van der Waals surface area contributed by atoms with Crippen LogP contribution < -0.4 is 15.4 Å². The summed E-state index contributed by atoms with van der Waals surface area (Å²) in [4.78, 5) is 8.14. The first-order chi connectivity index (χ1) is 13.9. The average molecular weight is 422 g/mol. The molecule has 5 nitrogen and oxygen atoms in total. The zero-order valence-corrected chi connectivity index (χ0v) is 16.8. The maximum atomic E-state index is 12.7. The first kappa shape index (κ1) is 20.9. The number of thiazole rings is 1.